The average molecular weight is 244 g/mol. The van der Waals surface area contributed by atoms with Crippen LogP contribution in [0, 0.1) is 6.92 Å². The number of hydrogen-bond acceptors (Lipinski definition) is 3. The maximum atomic E-state index is 6.03. The van der Waals surface area contributed by atoms with E-state index in [2.05, 4.69) is 23.2 Å². The van der Waals surface area contributed by atoms with Crippen LogP contribution in [0.15, 0.2) is 47.5 Å². The zero-order valence-electron chi connectivity index (χ0n) is 9.89. The van der Waals surface area contributed by atoms with Gasteiger partial charge in [-0.2, -0.15) is 0 Å². The Labute approximate surface area is 106 Å². The number of nitrogens with two attached hydrogens (primary N) is 1. The van der Waals surface area contributed by atoms with Crippen molar-refractivity contribution in [2.45, 2.75) is 18.2 Å². The number of anilines is 1. The normalized spacial score (nSPS) is 10.4. The lowest BCUT2D eigenvalue weighted by Crippen LogP contribution is -1.95. The second-order valence-electron chi connectivity index (χ2n) is 3.91. The van der Waals surface area contributed by atoms with E-state index in [1.165, 1.54) is 4.90 Å². The molecule has 1 aromatic carbocycles. The maximum Gasteiger partial charge on any atom is 0.0481 e. The van der Waals surface area contributed by atoms with Crippen molar-refractivity contribution in [3.63, 3.8) is 0 Å². The Balaban J connectivity index is 1.93. The summed E-state index contributed by atoms with van der Waals surface area (Å²) in [5.74, 6) is 1.00. The summed E-state index contributed by atoms with van der Waals surface area (Å²) in [6.07, 6.45) is 2.81. The van der Waals surface area contributed by atoms with Gasteiger partial charge in [0.15, 0.2) is 0 Å². The topological polar surface area (TPSA) is 38.9 Å². The van der Waals surface area contributed by atoms with Crippen LogP contribution in [-0.2, 0) is 6.42 Å². The molecule has 0 fully saturated rings. The fourth-order valence-corrected chi connectivity index (χ4v) is 2.61. The molecule has 2 aromatic rings. The predicted octanol–water partition coefficient (Wildman–Crippen LogP) is 3.31. The van der Waals surface area contributed by atoms with Gasteiger partial charge in [-0.25, -0.2) is 0 Å². The van der Waals surface area contributed by atoms with Crippen LogP contribution in [0.3, 0.4) is 0 Å². The lowest BCUT2D eigenvalue weighted by molar-refractivity contribution is 1.05. The highest BCUT2D eigenvalue weighted by Crippen LogP contribution is 2.27. The van der Waals surface area contributed by atoms with Gasteiger partial charge in [-0.3, -0.25) is 4.98 Å². The van der Waals surface area contributed by atoms with Crippen LogP contribution in [0.1, 0.15) is 11.3 Å². The summed E-state index contributed by atoms with van der Waals surface area (Å²) in [6.45, 7) is 2.04. The van der Waals surface area contributed by atoms with Gasteiger partial charge < -0.3 is 5.73 Å². The third-order valence-electron chi connectivity index (χ3n) is 2.63. The Morgan fingerprint density at radius 3 is 2.82 bits per heavy atom. The Hall–Kier alpha value is -1.48. The minimum absolute atomic E-state index is 0.901. The molecule has 0 aliphatic carbocycles. The first-order valence-corrected chi connectivity index (χ1v) is 6.64. The summed E-state index contributed by atoms with van der Waals surface area (Å²) in [4.78, 5) is 5.47. The third-order valence-corrected chi connectivity index (χ3v) is 3.70. The number of rotatable bonds is 4. The van der Waals surface area contributed by atoms with Crippen molar-refractivity contribution in [1.82, 2.24) is 4.98 Å². The third kappa shape index (κ3) is 3.24. The smallest absolute Gasteiger partial charge is 0.0481 e. The van der Waals surface area contributed by atoms with Crippen molar-refractivity contribution in [2.24, 2.45) is 0 Å². The second kappa shape index (κ2) is 5.73. The zero-order valence-corrected chi connectivity index (χ0v) is 10.7. The van der Waals surface area contributed by atoms with E-state index in [0.717, 1.165) is 29.1 Å². The molecule has 0 saturated heterocycles. The standard InChI is InChI=1S/C14H16N2S/c1-11-5-4-7-13(14(11)15)17-10-8-12-6-2-3-9-16-12/h2-7,9H,8,10,15H2,1H3. The molecule has 0 unspecified atom stereocenters. The molecule has 3 heteroatoms. The number of nitrogen functional groups attached to an aromatic ring is 1. The Morgan fingerprint density at radius 2 is 2.06 bits per heavy atom. The summed E-state index contributed by atoms with van der Waals surface area (Å²) in [5.41, 5.74) is 9.20. The van der Waals surface area contributed by atoms with Crippen LogP contribution in [0.4, 0.5) is 5.69 Å². The van der Waals surface area contributed by atoms with Gasteiger partial charge in [-0.1, -0.05) is 18.2 Å². The maximum absolute atomic E-state index is 6.03. The van der Waals surface area contributed by atoms with Crippen molar-refractivity contribution in [3.8, 4) is 0 Å². The van der Waals surface area contributed by atoms with Crippen LogP contribution in [0.5, 0.6) is 0 Å². The van der Waals surface area contributed by atoms with Gasteiger partial charge in [0.2, 0.25) is 0 Å². The molecule has 0 aliphatic rings. The monoisotopic (exact) mass is 244 g/mol. The highest BCUT2D eigenvalue weighted by molar-refractivity contribution is 7.99. The van der Waals surface area contributed by atoms with Crippen molar-refractivity contribution >= 4 is 17.4 Å². The molecule has 1 heterocycles. The predicted molar refractivity (Wildman–Crippen MR) is 74.3 cm³/mol. The summed E-state index contributed by atoms with van der Waals surface area (Å²) in [5, 5.41) is 0. The van der Waals surface area contributed by atoms with Gasteiger partial charge >= 0.3 is 0 Å². The molecule has 0 bridgehead atoms. The van der Waals surface area contributed by atoms with Gasteiger partial charge in [0.25, 0.3) is 0 Å². The van der Waals surface area contributed by atoms with Crippen molar-refractivity contribution in [1.29, 1.82) is 0 Å². The van der Waals surface area contributed by atoms with Crippen LogP contribution < -0.4 is 5.73 Å². The minimum Gasteiger partial charge on any atom is -0.398 e. The largest absolute Gasteiger partial charge is 0.398 e. The number of para-hydroxylation sites is 1. The molecular weight excluding hydrogens is 228 g/mol. The van der Waals surface area contributed by atoms with E-state index in [9.17, 15) is 0 Å². The van der Waals surface area contributed by atoms with E-state index in [1.807, 2.05) is 31.3 Å². The molecule has 0 aliphatic heterocycles. The van der Waals surface area contributed by atoms with Gasteiger partial charge in [0.05, 0.1) is 0 Å². The quantitative estimate of drug-likeness (QED) is 0.662. The molecule has 1 aromatic heterocycles. The zero-order chi connectivity index (χ0) is 12.1. The van der Waals surface area contributed by atoms with E-state index in [-0.39, 0.29) is 0 Å². The number of hydrogen-bond donors (Lipinski definition) is 1. The van der Waals surface area contributed by atoms with Crippen LogP contribution >= 0.6 is 11.8 Å². The highest BCUT2D eigenvalue weighted by atomic mass is 32.2. The Kier molecular flexibility index (Phi) is 4.04. The van der Waals surface area contributed by atoms with Crippen molar-refractivity contribution in [3.05, 3.63) is 53.9 Å². The lowest BCUT2D eigenvalue weighted by Gasteiger charge is -2.07. The average Bonchev–Trinajstić information content (AvgIpc) is 2.36. The number of nitrogens with zero attached hydrogens (tertiary/aromatic N) is 1. The van der Waals surface area contributed by atoms with Crippen LogP contribution in [0.2, 0.25) is 0 Å². The lowest BCUT2D eigenvalue weighted by atomic mass is 10.2. The minimum atomic E-state index is 0.901. The SMILES string of the molecule is Cc1cccc(SCCc2ccccn2)c1N. The van der Waals surface area contributed by atoms with Gasteiger partial charge in [-0.15, -0.1) is 11.8 Å². The number of thioether (sulfide) groups is 1. The van der Waals surface area contributed by atoms with Gasteiger partial charge in [0, 0.05) is 28.2 Å². The summed E-state index contributed by atoms with van der Waals surface area (Å²) in [6, 6.07) is 12.2. The summed E-state index contributed by atoms with van der Waals surface area (Å²) >= 11 is 1.79. The van der Waals surface area contributed by atoms with Crippen molar-refractivity contribution < 1.29 is 0 Å². The molecule has 0 spiro atoms. The fraction of sp³-hybridized carbons (Fsp3) is 0.214. The number of benzene rings is 1. The molecule has 2 rings (SSSR count). The van der Waals surface area contributed by atoms with E-state index in [4.69, 9.17) is 5.73 Å². The highest BCUT2D eigenvalue weighted by Gasteiger charge is 2.02. The summed E-state index contributed by atoms with van der Waals surface area (Å²) in [7, 11) is 0. The molecule has 0 saturated carbocycles. The molecule has 0 radical (unpaired) electrons. The van der Waals surface area contributed by atoms with E-state index in [1.54, 1.807) is 11.8 Å². The molecule has 0 amide bonds. The molecule has 2 nitrogen and oxygen atoms in total. The Morgan fingerprint density at radius 1 is 1.18 bits per heavy atom. The van der Waals surface area contributed by atoms with E-state index < -0.39 is 0 Å². The van der Waals surface area contributed by atoms with Crippen molar-refractivity contribution in [2.75, 3.05) is 11.5 Å². The summed E-state index contributed by atoms with van der Waals surface area (Å²) < 4.78 is 0. The second-order valence-corrected chi connectivity index (χ2v) is 5.04. The van der Waals surface area contributed by atoms with Gasteiger partial charge in [0.1, 0.15) is 0 Å². The van der Waals surface area contributed by atoms with E-state index >= 15 is 0 Å². The molecular formula is C14H16N2S. The number of aromatic nitrogens is 1. The molecule has 0 atom stereocenters. The Bertz CT molecular complexity index is 483. The number of aryl methyl sites for hydroxylation is 2. The molecule has 17 heavy (non-hydrogen) atoms. The molecule has 88 valence electrons. The first kappa shape index (κ1) is 12.0. The first-order valence-electron chi connectivity index (χ1n) is 5.65. The fourth-order valence-electron chi connectivity index (χ4n) is 1.59. The number of pyridine rings is 1. The van der Waals surface area contributed by atoms with E-state index in [0.29, 0.717) is 0 Å². The first-order chi connectivity index (χ1) is 8.27. The van der Waals surface area contributed by atoms with Crippen LogP contribution in [0.25, 0.3) is 0 Å². The van der Waals surface area contributed by atoms with Crippen LogP contribution in [-0.4, -0.2) is 10.7 Å². The van der Waals surface area contributed by atoms with Gasteiger partial charge in [-0.05, 0) is 37.1 Å². The molecule has 2 N–H and O–H groups in total.